The summed E-state index contributed by atoms with van der Waals surface area (Å²) in [6, 6.07) is 0.261. The average molecular weight is 213 g/mol. The van der Waals surface area contributed by atoms with E-state index in [0.717, 1.165) is 13.1 Å². The van der Waals surface area contributed by atoms with Gasteiger partial charge in [-0.2, -0.15) is 0 Å². The maximum absolute atomic E-state index is 11.3. The van der Waals surface area contributed by atoms with Gasteiger partial charge in [0.15, 0.2) is 0 Å². The van der Waals surface area contributed by atoms with Gasteiger partial charge in [-0.1, -0.05) is 6.92 Å². The topological polar surface area (TPSA) is 57.6 Å². The molecule has 2 unspecified atom stereocenters. The Labute approximate surface area is 90.3 Å². The fourth-order valence-corrected chi connectivity index (χ4v) is 1.96. The maximum Gasteiger partial charge on any atom is 0.303 e. The molecular formula is C11H19NO3. The number of carboxylic acids is 1. The van der Waals surface area contributed by atoms with Gasteiger partial charge in [0.25, 0.3) is 0 Å². The van der Waals surface area contributed by atoms with Crippen LogP contribution >= 0.6 is 0 Å². The Morgan fingerprint density at radius 1 is 1.67 bits per heavy atom. The second kappa shape index (κ2) is 5.26. The number of hydrogen-bond donors (Lipinski definition) is 1. The van der Waals surface area contributed by atoms with Gasteiger partial charge in [-0.25, -0.2) is 0 Å². The Morgan fingerprint density at radius 3 is 2.87 bits per heavy atom. The molecular weight excluding hydrogens is 194 g/mol. The minimum atomic E-state index is -0.747. The summed E-state index contributed by atoms with van der Waals surface area (Å²) < 4.78 is 0. The van der Waals surface area contributed by atoms with Crippen molar-refractivity contribution < 1.29 is 14.7 Å². The highest BCUT2D eigenvalue weighted by molar-refractivity contribution is 5.81. The number of piperidine rings is 1. The van der Waals surface area contributed by atoms with Crippen LogP contribution in [0.2, 0.25) is 0 Å². The molecule has 0 saturated carbocycles. The van der Waals surface area contributed by atoms with Crippen molar-refractivity contribution in [1.29, 1.82) is 0 Å². The van der Waals surface area contributed by atoms with Gasteiger partial charge in [-0.3, -0.25) is 14.5 Å². The van der Waals surface area contributed by atoms with E-state index in [0.29, 0.717) is 18.6 Å². The summed E-state index contributed by atoms with van der Waals surface area (Å²) >= 11 is 0. The molecule has 4 heteroatoms. The van der Waals surface area contributed by atoms with E-state index in [1.807, 2.05) is 13.8 Å². The zero-order valence-corrected chi connectivity index (χ0v) is 9.40. The molecule has 86 valence electrons. The van der Waals surface area contributed by atoms with Crippen LogP contribution in [0.1, 0.15) is 33.1 Å². The molecule has 2 atom stereocenters. The number of ketones is 1. The third-order valence-corrected chi connectivity index (χ3v) is 3.10. The van der Waals surface area contributed by atoms with E-state index < -0.39 is 5.97 Å². The molecule has 1 aliphatic heterocycles. The second-order valence-electron chi connectivity index (χ2n) is 4.39. The third-order valence-electron chi connectivity index (χ3n) is 3.10. The smallest absolute Gasteiger partial charge is 0.303 e. The number of carbonyl (C=O) groups is 2. The number of nitrogens with zero attached hydrogens (tertiary/aromatic N) is 1. The van der Waals surface area contributed by atoms with Gasteiger partial charge in [0.1, 0.15) is 5.78 Å². The van der Waals surface area contributed by atoms with Crippen LogP contribution in [0.3, 0.4) is 0 Å². The Kier molecular flexibility index (Phi) is 4.27. The van der Waals surface area contributed by atoms with Crippen molar-refractivity contribution in [2.75, 3.05) is 13.1 Å². The monoisotopic (exact) mass is 213 g/mol. The van der Waals surface area contributed by atoms with Crippen LogP contribution in [-0.4, -0.2) is 40.9 Å². The molecule has 0 spiro atoms. The fraction of sp³-hybridized carbons (Fsp3) is 0.818. The molecule has 1 rings (SSSR count). The van der Waals surface area contributed by atoms with Crippen LogP contribution < -0.4 is 0 Å². The lowest BCUT2D eigenvalue weighted by Gasteiger charge is -2.34. The molecule has 0 aromatic carbocycles. The summed E-state index contributed by atoms with van der Waals surface area (Å²) in [5.41, 5.74) is 0. The molecule has 0 radical (unpaired) electrons. The number of carboxylic acid groups (broad SMARTS) is 1. The second-order valence-corrected chi connectivity index (χ2v) is 4.39. The van der Waals surface area contributed by atoms with Gasteiger partial charge >= 0.3 is 5.97 Å². The first kappa shape index (κ1) is 12.2. The van der Waals surface area contributed by atoms with Crippen molar-refractivity contribution >= 4 is 11.8 Å². The van der Waals surface area contributed by atoms with Crippen LogP contribution in [0.25, 0.3) is 0 Å². The minimum Gasteiger partial charge on any atom is -0.481 e. The van der Waals surface area contributed by atoms with Gasteiger partial charge in [0.2, 0.25) is 0 Å². The van der Waals surface area contributed by atoms with Gasteiger partial charge in [-0.05, 0) is 13.3 Å². The molecule has 1 saturated heterocycles. The van der Waals surface area contributed by atoms with E-state index in [1.54, 1.807) is 0 Å². The van der Waals surface area contributed by atoms with Gasteiger partial charge in [0.05, 0.1) is 0 Å². The lowest BCUT2D eigenvalue weighted by molar-refractivity contribution is -0.137. The zero-order chi connectivity index (χ0) is 11.4. The summed E-state index contributed by atoms with van der Waals surface area (Å²) in [6.07, 6.45) is 1.48. The van der Waals surface area contributed by atoms with Gasteiger partial charge in [0, 0.05) is 37.9 Å². The van der Waals surface area contributed by atoms with Crippen LogP contribution in [-0.2, 0) is 9.59 Å². The van der Waals surface area contributed by atoms with Crippen molar-refractivity contribution in [3.05, 3.63) is 0 Å². The molecule has 15 heavy (non-hydrogen) atoms. The molecule has 0 aromatic heterocycles. The van der Waals surface area contributed by atoms with Crippen molar-refractivity contribution in [3.8, 4) is 0 Å². The molecule has 1 heterocycles. The molecule has 0 bridgehead atoms. The molecule has 0 aromatic rings. The normalized spacial score (nSPS) is 25.2. The first-order chi connectivity index (χ1) is 7.00. The first-order valence-electron chi connectivity index (χ1n) is 5.49. The van der Waals surface area contributed by atoms with Crippen LogP contribution in [0.5, 0.6) is 0 Å². The number of hydrogen-bond acceptors (Lipinski definition) is 3. The molecule has 4 nitrogen and oxygen atoms in total. The summed E-state index contributed by atoms with van der Waals surface area (Å²) in [7, 11) is 0. The van der Waals surface area contributed by atoms with Gasteiger partial charge in [-0.15, -0.1) is 0 Å². The highest BCUT2D eigenvalue weighted by Crippen LogP contribution is 2.17. The number of rotatable bonds is 4. The molecule has 1 N–H and O–H groups in total. The third kappa shape index (κ3) is 3.63. The number of Topliss-reactive ketones (excluding diaryl/α,β-unsaturated/α-hetero) is 1. The number of aliphatic carboxylic acids is 1. The quantitative estimate of drug-likeness (QED) is 0.761. The summed E-state index contributed by atoms with van der Waals surface area (Å²) in [4.78, 5) is 24.0. The van der Waals surface area contributed by atoms with Crippen molar-refractivity contribution in [3.63, 3.8) is 0 Å². The Hall–Kier alpha value is -0.900. The lowest BCUT2D eigenvalue weighted by Crippen LogP contribution is -2.44. The summed E-state index contributed by atoms with van der Waals surface area (Å²) in [5, 5.41) is 8.58. The van der Waals surface area contributed by atoms with E-state index in [1.165, 1.54) is 0 Å². The zero-order valence-electron chi connectivity index (χ0n) is 9.40. The Morgan fingerprint density at radius 2 is 2.33 bits per heavy atom. The minimum absolute atomic E-state index is 0.103. The number of likely N-dealkylation sites (tertiary alicyclic amines) is 1. The van der Waals surface area contributed by atoms with E-state index >= 15 is 0 Å². The predicted molar refractivity (Wildman–Crippen MR) is 56.7 cm³/mol. The fourth-order valence-electron chi connectivity index (χ4n) is 1.96. The van der Waals surface area contributed by atoms with Crippen LogP contribution in [0.4, 0.5) is 0 Å². The van der Waals surface area contributed by atoms with Crippen molar-refractivity contribution in [2.45, 2.75) is 39.2 Å². The van der Waals surface area contributed by atoms with Gasteiger partial charge < -0.3 is 5.11 Å². The summed E-state index contributed by atoms with van der Waals surface area (Å²) in [5.74, 6) is -0.314. The average Bonchev–Trinajstić information content (AvgIpc) is 2.18. The van der Waals surface area contributed by atoms with E-state index in [4.69, 9.17) is 5.11 Å². The van der Waals surface area contributed by atoms with E-state index in [2.05, 4.69) is 4.90 Å². The van der Waals surface area contributed by atoms with E-state index in [-0.39, 0.29) is 18.4 Å². The van der Waals surface area contributed by atoms with E-state index in [9.17, 15) is 9.59 Å². The van der Waals surface area contributed by atoms with Crippen LogP contribution in [0.15, 0.2) is 0 Å². The maximum atomic E-state index is 11.3. The lowest BCUT2D eigenvalue weighted by atomic mass is 9.96. The standard InChI is InChI=1S/C11H19NO3/c1-8-7-12(6-5-10(8)13)9(2)3-4-11(14)15/h8-9H,3-7H2,1-2H3,(H,14,15). The highest BCUT2D eigenvalue weighted by Gasteiger charge is 2.26. The number of carbonyl (C=O) groups excluding carboxylic acids is 1. The molecule has 0 aliphatic carbocycles. The van der Waals surface area contributed by atoms with Crippen molar-refractivity contribution in [2.24, 2.45) is 5.92 Å². The molecule has 0 amide bonds. The van der Waals surface area contributed by atoms with Crippen molar-refractivity contribution in [1.82, 2.24) is 4.90 Å². The molecule has 1 aliphatic rings. The predicted octanol–water partition coefficient (Wildman–Crippen LogP) is 1.15. The summed E-state index contributed by atoms with van der Waals surface area (Å²) in [6.45, 7) is 5.54. The first-order valence-corrected chi connectivity index (χ1v) is 5.49. The SMILES string of the molecule is CC1CN(C(C)CCC(=O)O)CCC1=O. The molecule has 1 fully saturated rings. The van der Waals surface area contributed by atoms with Crippen LogP contribution in [0, 0.1) is 5.92 Å². The Balaban J connectivity index is 2.37. The largest absolute Gasteiger partial charge is 0.481 e. The Bertz CT molecular complexity index is 252. The highest BCUT2D eigenvalue weighted by atomic mass is 16.4.